The van der Waals surface area contributed by atoms with Gasteiger partial charge in [-0.05, 0) is 48.0 Å². The van der Waals surface area contributed by atoms with Gasteiger partial charge in [-0.15, -0.1) is 0 Å². The average molecular weight is 349 g/mol. The smallest absolute Gasteiger partial charge is 0.462 e. The zero-order valence-electron chi connectivity index (χ0n) is 15.4. The van der Waals surface area contributed by atoms with Gasteiger partial charge in [0.15, 0.2) is 0 Å². The summed E-state index contributed by atoms with van der Waals surface area (Å²) in [7, 11) is -2.61. The van der Waals surface area contributed by atoms with Gasteiger partial charge in [0.05, 0.1) is 6.61 Å². The summed E-state index contributed by atoms with van der Waals surface area (Å²) >= 11 is 0. The van der Waals surface area contributed by atoms with Gasteiger partial charge in [0, 0.05) is 31.4 Å². The van der Waals surface area contributed by atoms with E-state index in [-0.39, 0.29) is 11.8 Å². The summed E-state index contributed by atoms with van der Waals surface area (Å²) in [6.07, 6.45) is 0.658. The topological polar surface area (TPSA) is 71.1 Å². The van der Waals surface area contributed by atoms with Crippen LogP contribution < -0.4 is 0 Å². The van der Waals surface area contributed by atoms with Crippen molar-refractivity contribution in [2.24, 2.45) is 0 Å². The number of ether oxygens (including phenoxy) is 1. The number of Topliss-reactive ketones (excluding diaryl/α,β-unsaturated/α-hetero) is 1. The zero-order valence-corrected chi connectivity index (χ0v) is 16.4. The van der Waals surface area contributed by atoms with Gasteiger partial charge in [0.1, 0.15) is 5.78 Å². The number of esters is 1. The van der Waals surface area contributed by atoms with E-state index in [0.29, 0.717) is 44.5 Å². The van der Waals surface area contributed by atoms with E-state index in [1.54, 1.807) is 6.92 Å². The molecular weight excluding hydrogens is 316 g/mol. The molecule has 0 aliphatic heterocycles. The summed E-state index contributed by atoms with van der Waals surface area (Å²) in [6, 6.07) is 0.645. The quantitative estimate of drug-likeness (QED) is 0.247. The van der Waals surface area contributed by atoms with Crippen molar-refractivity contribution >= 4 is 20.6 Å². The van der Waals surface area contributed by atoms with Crippen molar-refractivity contribution in [3.05, 3.63) is 12.2 Å². The van der Waals surface area contributed by atoms with Gasteiger partial charge in [0.2, 0.25) is 0 Å². The summed E-state index contributed by atoms with van der Waals surface area (Å²) in [4.78, 5) is 20.7. The van der Waals surface area contributed by atoms with Crippen LogP contribution in [0.25, 0.3) is 0 Å². The highest BCUT2D eigenvalue weighted by Crippen LogP contribution is 2.18. The fraction of sp³-hybridized carbons (Fsp3) is 0.750. The van der Waals surface area contributed by atoms with Crippen LogP contribution in [-0.4, -0.2) is 47.0 Å². The molecule has 0 aromatic rings. The Bertz CT molecular complexity index is 335. The van der Waals surface area contributed by atoms with Gasteiger partial charge in [-0.2, -0.15) is 0 Å². The molecule has 0 aromatic heterocycles. The maximum absolute atomic E-state index is 11.2. The predicted octanol–water partition coefficient (Wildman–Crippen LogP) is 3.14. The molecule has 136 valence electrons. The predicted molar refractivity (Wildman–Crippen MR) is 92.2 cm³/mol. The van der Waals surface area contributed by atoms with Gasteiger partial charge < -0.3 is 22.8 Å². The molecule has 0 fully saturated rings. The minimum Gasteiger partial charge on any atom is -0.462 e. The Kier molecular flexibility index (Phi) is 15.3. The molecule has 0 aromatic carbocycles. The van der Waals surface area contributed by atoms with Crippen LogP contribution in [0.1, 0.15) is 48.0 Å². The van der Waals surface area contributed by atoms with Crippen molar-refractivity contribution in [1.82, 2.24) is 0 Å². The molecule has 6 nitrogen and oxygen atoms in total. The second-order valence-corrected chi connectivity index (χ2v) is 7.64. The summed E-state index contributed by atoms with van der Waals surface area (Å²) in [5.74, 6) is -0.198. The lowest BCUT2D eigenvalue weighted by Crippen LogP contribution is -2.46. The van der Waals surface area contributed by atoms with Crippen LogP contribution >= 0.6 is 0 Å². The normalized spacial score (nSPS) is 10.5. The van der Waals surface area contributed by atoms with Crippen LogP contribution in [0.3, 0.4) is 0 Å². The SMILES string of the molecule is C=C(C)C(=O)OCCC[Si](OCC)(OCC)OCC.CC(C)=O. The lowest BCUT2D eigenvalue weighted by Gasteiger charge is -2.28. The highest BCUT2D eigenvalue weighted by Gasteiger charge is 2.39. The first-order valence-corrected chi connectivity index (χ1v) is 9.89. The number of hydrogen-bond acceptors (Lipinski definition) is 6. The minimum absolute atomic E-state index is 0.167. The highest BCUT2D eigenvalue weighted by atomic mass is 28.4. The maximum Gasteiger partial charge on any atom is 0.501 e. The van der Waals surface area contributed by atoms with E-state index in [0.717, 1.165) is 0 Å². The van der Waals surface area contributed by atoms with E-state index in [9.17, 15) is 9.59 Å². The number of hydrogen-bond donors (Lipinski definition) is 0. The lowest BCUT2D eigenvalue weighted by molar-refractivity contribution is -0.139. The first-order valence-electron chi connectivity index (χ1n) is 7.96. The van der Waals surface area contributed by atoms with Crippen molar-refractivity contribution in [3.63, 3.8) is 0 Å². The third-order valence-corrected chi connectivity index (χ3v) is 5.45. The second-order valence-electron chi connectivity index (χ2n) is 4.91. The lowest BCUT2D eigenvalue weighted by atomic mass is 10.4. The molecule has 23 heavy (non-hydrogen) atoms. The minimum atomic E-state index is -2.61. The Morgan fingerprint density at radius 1 is 0.913 bits per heavy atom. The Labute approximate surface area is 141 Å². The molecule has 0 N–H and O–H groups in total. The third kappa shape index (κ3) is 14.3. The molecule has 0 spiro atoms. The van der Waals surface area contributed by atoms with E-state index in [4.69, 9.17) is 18.0 Å². The molecule has 0 rings (SSSR count). The third-order valence-electron chi connectivity index (χ3n) is 2.30. The van der Waals surface area contributed by atoms with Gasteiger partial charge in [-0.3, -0.25) is 0 Å². The largest absolute Gasteiger partial charge is 0.501 e. The standard InChI is InChI=1S/C13H26O5Si.C3H6O/c1-6-16-19(17-7-2,18-8-3)11-9-10-15-13(14)12(4)5;1-3(2)4/h4,6-11H2,1-3,5H3;1-2H3. The Balaban J connectivity index is 0. The van der Waals surface area contributed by atoms with Gasteiger partial charge in [0.25, 0.3) is 0 Å². The van der Waals surface area contributed by atoms with Gasteiger partial charge in [-0.25, -0.2) is 4.79 Å². The highest BCUT2D eigenvalue weighted by molar-refractivity contribution is 6.60. The number of rotatable bonds is 11. The van der Waals surface area contributed by atoms with Crippen molar-refractivity contribution in [2.45, 2.75) is 54.0 Å². The zero-order chi connectivity index (χ0) is 18.3. The van der Waals surface area contributed by atoms with E-state index in [1.165, 1.54) is 13.8 Å². The van der Waals surface area contributed by atoms with Crippen LogP contribution in [0.2, 0.25) is 6.04 Å². The fourth-order valence-corrected chi connectivity index (χ4v) is 4.16. The van der Waals surface area contributed by atoms with Crippen LogP contribution in [0, 0.1) is 0 Å². The maximum atomic E-state index is 11.2. The van der Waals surface area contributed by atoms with Crippen molar-refractivity contribution in [3.8, 4) is 0 Å². The molecule has 0 aliphatic carbocycles. The van der Waals surface area contributed by atoms with E-state index in [1.807, 2.05) is 20.8 Å². The molecule has 0 radical (unpaired) electrons. The van der Waals surface area contributed by atoms with Gasteiger partial charge >= 0.3 is 14.8 Å². The molecule has 0 bridgehead atoms. The summed E-state index contributed by atoms with van der Waals surface area (Å²) in [5, 5.41) is 0. The number of carbonyl (C=O) groups is 2. The van der Waals surface area contributed by atoms with Crippen LogP contribution in [0.4, 0.5) is 0 Å². The fourth-order valence-electron chi connectivity index (χ4n) is 1.58. The molecule has 0 aliphatic rings. The summed E-state index contributed by atoms with van der Waals surface area (Å²) in [5.41, 5.74) is 0.405. The monoisotopic (exact) mass is 348 g/mol. The molecule has 0 atom stereocenters. The molecule has 0 saturated heterocycles. The van der Waals surface area contributed by atoms with E-state index in [2.05, 4.69) is 6.58 Å². The van der Waals surface area contributed by atoms with Crippen molar-refractivity contribution in [2.75, 3.05) is 26.4 Å². The molecule has 0 heterocycles. The number of ketones is 1. The first-order chi connectivity index (χ1) is 10.7. The molecular formula is C16H32O6Si. The van der Waals surface area contributed by atoms with Crippen molar-refractivity contribution in [1.29, 1.82) is 0 Å². The Hall–Kier alpha value is -1.02. The molecule has 0 unspecified atom stereocenters. The second kappa shape index (κ2) is 14.6. The van der Waals surface area contributed by atoms with Crippen LogP contribution in [0.15, 0.2) is 12.2 Å². The summed E-state index contributed by atoms with van der Waals surface area (Å²) < 4.78 is 22.2. The summed E-state index contributed by atoms with van der Waals surface area (Å²) in [6.45, 7) is 16.0. The van der Waals surface area contributed by atoms with E-state index < -0.39 is 8.80 Å². The van der Waals surface area contributed by atoms with Crippen LogP contribution in [-0.2, 0) is 27.6 Å². The van der Waals surface area contributed by atoms with Gasteiger partial charge in [-0.1, -0.05) is 6.58 Å². The molecule has 0 amide bonds. The number of carbonyl (C=O) groups excluding carboxylic acids is 2. The van der Waals surface area contributed by atoms with Crippen molar-refractivity contribution < 1.29 is 27.6 Å². The van der Waals surface area contributed by atoms with E-state index >= 15 is 0 Å². The Morgan fingerprint density at radius 3 is 1.61 bits per heavy atom. The Morgan fingerprint density at radius 2 is 1.30 bits per heavy atom. The molecule has 7 heteroatoms. The first kappa shape index (κ1) is 24.2. The van der Waals surface area contributed by atoms with Crippen LogP contribution in [0.5, 0.6) is 0 Å². The molecule has 0 saturated carbocycles. The average Bonchev–Trinajstić information content (AvgIpc) is 2.43.